The van der Waals surface area contributed by atoms with Gasteiger partial charge >= 0.3 is 0 Å². The van der Waals surface area contributed by atoms with E-state index in [1.54, 1.807) is 7.05 Å². The summed E-state index contributed by atoms with van der Waals surface area (Å²) in [6.45, 7) is 2.06. The predicted molar refractivity (Wildman–Crippen MR) is 130 cm³/mol. The minimum Gasteiger partial charge on any atom is -0.301 e. The van der Waals surface area contributed by atoms with Crippen molar-refractivity contribution in [2.45, 2.75) is 6.92 Å². The Bertz CT molecular complexity index is 1350. The molecule has 0 saturated carbocycles. The van der Waals surface area contributed by atoms with Crippen LogP contribution in [-0.2, 0) is 4.79 Å². The smallest absolute Gasteiger partial charge is 0.238 e. The van der Waals surface area contributed by atoms with Gasteiger partial charge < -0.3 is 4.57 Å². The van der Waals surface area contributed by atoms with Crippen molar-refractivity contribution >= 4 is 51.3 Å². The zero-order chi connectivity index (χ0) is 22.2. The first-order valence-electron chi connectivity index (χ1n) is 9.93. The van der Waals surface area contributed by atoms with E-state index in [9.17, 15) is 4.79 Å². The Labute approximate surface area is 194 Å². The quantitative estimate of drug-likeness (QED) is 0.435. The number of nitrogens with one attached hydrogen (secondary N) is 1. The Morgan fingerprint density at radius 3 is 2.53 bits per heavy atom. The van der Waals surface area contributed by atoms with Gasteiger partial charge in [0.25, 0.3) is 0 Å². The van der Waals surface area contributed by atoms with Gasteiger partial charge in [-0.25, -0.2) is 9.97 Å². The number of rotatable bonds is 4. The van der Waals surface area contributed by atoms with Gasteiger partial charge in [-0.15, -0.1) is 5.10 Å². The van der Waals surface area contributed by atoms with Crippen LogP contribution in [0.25, 0.3) is 27.8 Å². The highest BCUT2D eigenvalue weighted by Crippen LogP contribution is 2.36. The van der Waals surface area contributed by atoms with E-state index in [4.69, 9.17) is 11.6 Å². The number of hydrogen-bond acceptors (Lipinski definition) is 6. The normalized spacial score (nSPS) is 15.2. The number of hydrazone groups is 1. The number of carbonyl (C=O) groups is 1. The van der Waals surface area contributed by atoms with Gasteiger partial charge in [-0.2, -0.15) is 0 Å². The number of amides is 1. The molecule has 0 spiro atoms. The number of aromatic nitrogens is 3. The average molecular weight is 463 g/mol. The first kappa shape index (κ1) is 20.5. The summed E-state index contributed by atoms with van der Waals surface area (Å²) in [7, 11) is 1.71. The van der Waals surface area contributed by atoms with Gasteiger partial charge in [-0.3, -0.25) is 15.1 Å². The van der Waals surface area contributed by atoms with Gasteiger partial charge in [0.2, 0.25) is 5.91 Å². The Morgan fingerprint density at radius 1 is 1.09 bits per heavy atom. The average Bonchev–Trinajstić information content (AvgIpc) is 3.34. The van der Waals surface area contributed by atoms with Crippen molar-refractivity contribution < 1.29 is 4.79 Å². The van der Waals surface area contributed by atoms with Crippen LogP contribution in [0.4, 0.5) is 5.82 Å². The second-order valence-electron chi connectivity index (χ2n) is 7.42. The van der Waals surface area contributed by atoms with Crippen molar-refractivity contribution in [2.24, 2.45) is 5.10 Å². The fraction of sp³-hybridized carbons (Fsp3) is 0.130. The first-order chi connectivity index (χ1) is 15.5. The number of thioether (sulfide) groups is 1. The maximum Gasteiger partial charge on any atom is 0.238 e. The number of carbonyl (C=O) groups excluding carboxylic acids is 1. The third kappa shape index (κ3) is 3.72. The van der Waals surface area contributed by atoms with Gasteiger partial charge in [0.1, 0.15) is 6.33 Å². The second kappa shape index (κ2) is 8.29. The SMILES string of the molecule is Cc1ccc(-n2cc(-c3ccc(Cl)cc3)c3c(N/N=C4/SCC(=O)N4C)ncnc32)cc1. The Hall–Kier alpha value is -3.36. The molecule has 0 unspecified atom stereocenters. The molecule has 1 amide bonds. The summed E-state index contributed by atoms with van der Waals surface area (Å²) in [4.78, 5) is 22.4. The van der Waals surface area contributed by atoms with E-state index in [0.29, 0.717) is 21.8 Å². The highest BCUT2D eigenvalue weighted by atomic mass is 35.5. The Morgan fingerprint density at radius 2 is 1.84 bits per heavy atom. The molecule has 0 atom stereocenters. The summed E-state index contributed by atoms with van der Waals surface area (Å²) in [6, 6.07) is 15.9. The third-order valence-electron chi connectivity index (χ3n) is 5.29. The summed E-state index contributed by atoms with van der Waals surface area (Å²) in [6.07, 6.45) is 3.56. The minimum absolute atomic E-state index is 0.0239. The molecule has 0 bridgehead atoms. The van der Waals surface area contributed by atoms with Crippen LogP contribution in [-0.4, -0.2) is 43.3 Å². The molecule has 3 heterocycles. The van der Waals surface area contributed by atoms with Gasteiger partial charge in [0.05, 0.1) is 11.1 Å². The molecule has 160 valence electrons. The highest BCUT2D eigenvalue weighted by molar-refractivity contribution is 8.15. The van der Waals surface area contributed by atoms with Crippen LogP contribution < -0.4 is 5.43 Å². The fourth-order valence-electron chi connectivity index (χ4n) is 3.53. The molecule has 1 saturated heterocycles. The Balaban J connectivity index is 1.68. The zero-order valence-electron chi connectivity index (χ0n) is 17.4. The standard InChI is InChI=1S/C23H19ClN6OS/c1-14-3-9-17(10-4-14)30-11-18(15-5-7-16(24)8-6-15)20-21(25-13-26-22(20)30)27-28-23-29(2)19(31)12-32-23/h3-11,13H,12H2,1-2H3,(H,25,26,27)/b28-23+. The number of anilines is 1. The second-order valence-corrected chi connectivity index (χ2v) is 8.80. The molecule has 9 heteroatoms. The van der Waals surface area contributed by atoms with Gasteiger partial charge in [-0.05, 0) is 36.8 Å². The monoisotopic (exact) mass is 462 g/mol. The van der Waals surface area contributed by atoms with E-state index in [2.05, 4.69) is 51.7 Å². The molecule has 7 nitrogen and oxygen atoms in total. The minimum atomic E-state index is 0.0239. The van der Waals surface area contributed by atoms with E-state index in [1.807, 2.05) is 35.0 Å². The van der Waals surface area contributed by atoms with Gasteiger partial charge in [0, 0.05) is 29.5 Å². The van der Waals surface area contributed by atoms with Crippen molar-refractivity contribution in [1.29, 1.82) is 0 Å². The van der Waals surface area contributed by atoms with Gasteiger partial charge in [-0.1, -0.05) is 53.2 Å². The summed E-state index contributed by atoms with van der Waals surface area (Å²) >= 11 is 7.51. The molecule has 1 aliphatic heterocycles. The topological polar surface area (TPSA) is 75.4 Å². The molecule has 0 radical (unpaired) electrons. The van der Waals surface area contributed by atoms with Crippen LogP contribution in [0, 0.1) is 6.92 Å². The number of amidine groups is 1. The van der Waals surface area contributed by atoms with E-state index < -0.39 is 0 Å². The highest BCUT2D eigenvalue weighted by Gasteiger charge is 2.25. The Kier molecular flexibility index (Phi) is 5.32. The van der Waals surface area contributed by atoms with Crippen LogP contribution in [0.2, 0.25) is 5.02 Å². The number of aryl methyl sites for hydroxylation is 1. The predicted octanol–water partition coefficient (Wildman–Crippen LogP) is 4.94. The molecular weight excluding hydrogens is 444 g/mol. The molecule has 1 fully saturated rings. The number of benzene rings is 2. The summed E-state index contributed by atoms with van der Waals surface area (Å²) in [5.41, 5.74) is 7.92. The lowest BCUT2D eigenvalue weighted by Crippen LogP contribution is -2.25. The van der Waals surface area contributed by atoms with Crippen LogP contribution in [0.3, 0.4) is 0 Å². The van der Waals surface area contributed by atoms with E-state index >= 15 is 0 Å². The van der Waals surface area contributed by atoms with Crippen LogP contribution >= 0.6 is 23.4 Å². The van der Waals surface area contributed by atoms with Crippen molar-refractivity contribution in [1.82, 2.24) is 19.4 Å². The maximum atomic E-state index is 11.8. The largest absolute Gasteiger partial charge is 0.301 e. The fourth-order valence-corrected chi connectivity index (χ4v) is 4.51. The third-order valence-corrected chi connectivity index (χ3v) is 6.56. The van der Waals surface area contributed by atoms with Crippen molar-refractivity contribution in [3.05, 3.63) is 71.6 Å². The van der Waals surface area contributed by atoms with Gasteiger partial charge in [0.15, 0.2) is 16.6 Å². The van der Waals surface area contributed by atoms with Crippen molar-refractivity contribution in [3.8, 4) is 16.8 Å². The molecule has 4 aromatic rings. The lowest BCUT2D eigenvalue weighted by molar-refractivity contribution is -0.123. The molecule has 0 aliphatic carbocycles. The number of hydrogen-bond donors (Lipinski definition) is 1. The summed E-state index contributed by atoms with van der Waals surface area (Å²) < 4.78 is 2.04. The van der Waals surface area contributed by atoms with Crippen LogP contribution in [0.5, 0.6) is 0 Å². The summed E-state index contributed by atoms with van der Waals surface area (Å²) in [5.74, 6) is 0.971. The lowest BCUT2D eigenvalue weighted by atomic mass is 10.1. The zero-order valence-corrected chi connectivity index (χ0v) is 19.0. The van der Waals surface area contributed by atoms with E-state index in [-0.39, 0.29) is 5.91 Å². The lowest BCUT2D eigenvalue weighted by Gasteiger charge is -2.09. The molecule has 5 rings (SSSR count). The number of nitrogens with zero attached hydrogens (tertiary/aromatic N) is 5. The van der Waals surface area contributed by atoms with Crippen molar-refractivity contribution in [2.75, 3.05) is 18.2 Å². The molecular formula is C23H19ClN6OS. The first-order valence-corrected chi connectivity index (χ1v) is 11.3. The molecule has 1 aliphatic rings. The maximum absolute atomic E-state index is 11.8. The molecule has 2 aromatic carbocycles. The molecule has 1 N–H and O–H groups in total. The van der Waals surface area contributed by atoms with Crippen molar-refractivity contribution in [3.63, 3.8) is 0 Å². The number of halogens is 1. The van der Waals surface area contributed by atoms with Crippen LogP contribution in [0.15, 0.2) is 66.2 Å². The molecule has 32 heavy (non-hydrogen) atoms. The van der Waals surface area contributed by atoms with E-state index in [0.717, 1.165) is 27.8 Å². The summed E-state index contributed by atoms with van der Waals surface area (Å²) in [5, 5.41) is 6.54. The van der Waals surface area contributed by atoms with E-state index in [1.165, 1.54) is 28.6 Å². The number of fused-ring (bicyclic) bond motifs is 1. The molecule has 2 aromatic heterocycles. The van der Waals surface area contributed by atoms with Crippen LogP contribution in [0.1, 0.15) is 5.56 Å².